The van der Waals surface area contributed by atoms with Crippen LogP contribution >= 0.6 is 0 Å². The second-order valence-electron chi connectivity index (χ2n) is 5.97. The van der Waals surface area contributed by atoms with E-state index in [4.69, 9.17) is 4.42 Å². The van der Waals surface area contributed by atoms with Crippen molar-refractivity contribution < 1.29 is 14.1 Å². The van der Waals surface area contributed by atoms with Gasteiger partial charge in [-0.25, -0.2) is 5.43 Å². The maximum absolute atomic E-state index is 11.7. The van der Waals surface area contributed by atoms with Gasteiger partial charge in [-0.1, -0.05) is 45.0 Å². The summed E-state index contributed by atoms with van der Waals surface area (Å²) in [5, 5.41) is 14.3. The molecule has 0 spiro atoms. The van der Waals surface area contributed by atoms with E-state index < -0.39 is 16.7 Å². The lowest BCUT2D eigenvalue weighted by Gasteiger charge is -2.18. The van der Waals surface area contributed by atoms with Crippen LogP contribution in [0.4, 0.5) is 5.88 Å². The molecule has 0 aliphatic carbocycles. The highest BCUT2D eigenvalue weighted by Crippen LogP contribution is 2.21. The van der Waals surface area contributed by atoms with Crippen LogP contribution in [-0.4, -0.2) is 17.0 Å². The molecule has 1 amide bonds. The number of furan rings is 1. The average Bonchev–Trinajstić information content (AvgIpc) is 2.97. The Morgan fingerprint density at radius 3 is 2.39 bits per heavy atom. The third-order valence-electron chi connectivity index (χ3n) is 3.15. The van der Waals surface area contributed by atoms with Crippen LogP contribution in [0.3, 0.4) is 0 Å². The first-order valence-corrected chi connectivity index (χ1v) is 6.95. The molecule has 0 fully saturated rings. The van der Waals surface area contributed by atoms with Gasteiger partial charge in [0, 0.05) is 0 Å². The summed E-state index contributed by atoms with van der Waals surface area (Å²) in [5.41, 5.74) is 4.34. The van der Waals surface area contributed by atoms with Crippen LogP contribution in [-0.2, 0) is 5.41 Å². The molecule has 0 radical (unpaired) electrons. The molecule has 0 aliphatic heterocycles. The number of nitro groups is 1. The largest absolute Gasteiger partial charge is 0.433 e. The summed E-state index contributed by atoms with van der Waals surface area (Å²) < 4.78 is 4.78. The molecule has 23 heavy (non-hydrogen) atoms. The van der Waals surface area contributed by atoms with Crippen molar-refractivity contribution in [2.24, 2.45) is 5.10 Å². The van der Waals surface area contributed by atoms with Gasteiger partial charge >= 0.3 is 11.8 Å². The monoisotopic (exact) mass is 315 g/mol. The van der Waals surface area contributed by atoms with Crippen molar-refractivity contribution in [1.29, 1.82) is 0 Å². The lowest BCUT2D eigenvalue weighted by atomic mass is 9.87. The predicted molar refractivity (Wildman–Crippen MR) is 85.6 cm³/mol. The van der Waals surface area contributed by atoms with E-state index in [2.05, 4.69) is 31.3 Å². The number of benzene rings is 1. The summed E-state index contributed by atoms with van der Waals surface area (Å²) in [6, 6.07) is 10.1. The van der Waals surface area contributed by atoms with Crippen molar-refractivity contribution in [1.82, 2.24) is 5.43 Å². The van der Waals surface area contributed by atoms with Crippen molar-refractivity contribution in [3.8, 4) is 0 Å². The number of carbonyl (C=O) groups excluding carboxylic acids is 1. The SMILES string of the molecule is CC(C)(C)c1ccc(/C=N/NC(=O)c2ccc([N+](=O)[O-])o2)cc1. The summed E-state index contributed by atoms with van der Waals surface area (Å²) in [6.07, 6.45) is 1.49. The third kappa shape index (κ3) is 4.26. The maximum atomic E-state index is 11.7. The topological polar surface area (TPSA) is 97.7 Å². The standard InChI is InChI=1S/C16H17N3O4/c1-16(2,3)12-6-4-11(5-7-12)10-17-18-15(20)13-8-9-14(23-13)19(21)22/h4-10H,1-3H3,(H,18,20)/b17-10+. The Labute approximate surface area is 133 Å². The van der Waals surface area contributed by atoms with E-state index in [1.165, 1.54) is 17.8 Å². The lowest BCUT2D eigenvalue weighted by Crippen LogP contribution is -2.16. The van der Waals surface area contributed by atoms with E-state index in [0.29, 0.717) is 0 Å². The summed E-state index contributed by atoms with van der Waals surface area (Å²) in [7, 11) is 0. The van der Waals surface area contributed by atoms with Gasteiger partial charge in [0.05, 0.1) is 12.3 Å². The Balaban J connectivity index is 1.98. The first-order chi connectivity index (χ1) is 10.8. The summed E-state index contributed by atoms with van der Waals surface area (Å²) in [4.78, 5) is 21.5. The number of rotatable bonds is 4. The van der Waals surface area contributed by atoms with E-state index in [1.54, 1.807) is 0 Å². The predicted octanol–water partition coefficient (Wildman–Crippen LogP) is 3.25. The van der Waals surface area contributed by atoms with Gasteiger partial charge in [0.1, 0.15) is 4.92 Å². The molecular formula is C16H17N3O4. The fourth-order valence-corrected chi connectivity index (χ4v) is 1.84. The molecule has 2 rings (SSSR count). The molecule has 0 unspecified atom stereocenters. The highest BCUT2D eigenvalue weighted by Gasteiger charge is 2.16. The van der Waals surface area contributed by atoms with Crippen molar-refractivity contribution >= 4 is 18.0 Å². The molecule has 7 nitrogen and oxygen atoms in total. The Bertz CT molecular complexity index is 739. The highest BCUT2D eigenvalue weighted by molar-refractivity contribution is 5.92. The molecule has 7 heteroatoms. The van der Waals surface area contributed by atoms with Crippen molar-refractivity contribution in [3.05, 3.63) is 63.4 Å². The smallest absolute Gasteiger partial charge is 0.395 e. The molecular weight excluding hydrogens is 298 g/mol. The van der Waals surface area contributed by atoms with E-state index >= 15 is 0 Å². The summed E-state index contributed by atoms with van der Waals surface area (Å²) in [6.45, 7) is 6.37. The van der Waals surface area contributed by atoms with Crippen LogP contribution in [0.2, 0.25) is 0 Å². The number of hydrogen-bond donors (Lipinski definition) is 1. The van der Waals surface area contributed by atoms with Crippen molar-refractivity contribution in [3.63, 3.8) is 0 Å². The molecule has 1 heterocycles. The van der Waals surface area contributed by atoms with E-state index in [0.717, 1.165) is 11.6 Å². The molecule has 120 valence electrons. The zero-order valence-corrected chi connectivity index (χ0v) is 13.1. The lowest BCUT2D eigenvalue weighted by molar-refractivity contribution is -0.402. The Morgan fingerprint density at radius 2 is 1.87 bits per heavy atom. The van der Waals surface area contributed by atoms with Crippen LogP contribution < -0.4 is 5.43 Å². The van der Waals surface area contributed by atoms with Gasteiger partial charge in [0.25, 0.3) is 0 Å². The van der Waals surface area contributed by atoms with E-state index in [1.807, 2.05) is 24.3 Å². The number of nitrogens with one attached hydrogen (secondary N) is 1. The van der Waals surface area contributed by atoms with Crippen molar-refractivity contribution in [2.75, 3.05) is 0 Å². The molecule has 2 aromatic rings. The molecule has 1 N–H and O–H groups in total. The minimum absolute atomic E-state index is 0.0674. The first-order valence-electron chi connectivity index (χ1n) is 6.95. The van der Waals surface area contributed by atoms with Gasteiger partial charge in [0.2, 0.25) is 5.76 Å². The van der Waals surface area contributed by atoms with Crippen LogP contribution in [0.15, 0.2) is 45.9 Å². The summed E-state index contributed by atoms with van der Waals surface area (Å²) in [5.74, 6) is -1.31. The number of hydrogen-bond acceptors (Lipinski definition) is 5. The Hall–Kier alpha value is -2.96. The quantitative estimate of drug-likeness (QED) is 0.532. The van der Waals surface area contributed by atoms with Gasteiger partial charge in [-0.3, -0.25) is 14.9 Å². The van der Waals surface area contributed by atoms with Crippen LogP contribution in [0.1, 0.15) is 42.5 Å². The fourth-order valence-electron chi connectivity index (χ4n) is 1.84. The van der Waals surface area contributed by atoms with Gasteiger partial charge in [-0.05, 0) is 22.6 Å². The van der Waals surface area contributed by atoms with Gasteiger partial charge in [0.15, 0.2) is 0 Å². The third-order valence-corrected chi connectivity index (χ3v) is 3.15. The average molecular weight is 315 g/mol. The van der Waals surface area contributed by atoms with Crippen LogP contribution in [0.5, 0.6) is 0 Å². The minimum Gasteiger partial charge on any atom is -0.395 e. The zero-order chi connectivity index (χ0) is 17.0. The number of amides is 1. The zero-order valence-electron chi connectivity index (χ0n) is 13.1. The van der Waals surface area contributed by atoms with Gasteiger partial charge < -0.3 is 4.42 Å². The van der Waals surface area contributed by atoms with Crippen LogP contribution in [0.25, 0.3) is 0 Å². The maximum Gasteiger partial charge on any atom is 0.433 e. The number of hydrazone groups is 1. The number of carbonyl (C=O) groups is 1. The van der Waals surface area contributed by atoms with E-state index in [9.17, 15) is 14.9 Å². The summed E-state index contributed by atoms with van der Waals surface area (Å²) >= 11 is 0. The molecule has 0 bridgehead atoms. The Morgan fingerprint density at radius 1 is 1.22 bits per heavy atom. The molecule has 1 aromatic carbocycles. The Kier molecular flexibility index (Phi) is 4.59. The first kappa shape index (κ1) is 16.4. The second-order valence-corrected chi connectivity index (χ2v) is 5.97. The molecule has 0 aliphatic rings. The molecule has 1 aromatic heterocycles. The normalized spacial score (nSPS) is 11.6. The molecule has 0 saturated carbocycles. The van der Waals surface area contributed by atoms with Gasteiger partial charge in [-0.15, -0.1) is 0 Å². The molecule has 0 saturated heterocycles. The van der Waals surface area contributed by atoms with E-state index in [-0.39, 0.29) is 11.2 Å². The fraction of sp³-hybridized carbons (Fsp3) is 0.250. The van der Waals surface area contributed by atoms with Crippen LogP contribution in [0, 0.1) is 10.1 Å². The number of nitrogens with zero attached hydrogens (tertiary/aromatic N) is 2. The van der Waals surface area contributed by atoms with Crippen molar-refractivity contribution in [2.45, 2.75) is 26.2 Å². The minimum atomic E-state index is -0.711. The van der Waals surface area contributed by atoms with Gasteiger partial charge in [-0.2, -0.15) is 5.10 Å². The molecule has 0 atom stereocenters. The second kappa shape index (κ2) is 6.43. The highest BCUT2D eigenvalue weighted by atomic mass is 16.6.